The van der Waals surface area contributed by atoms with E-state index in [2.05, 4.69) is 46.6 Å². The van der Waals surface area contributed by atoms with Crippen molar-refractivity contribution < 1.29 is 34.7 Å². The van der Waals surface area contributed by atoms with Crippen LogP contribution < -0.4 is 10.2 Å². The first-order valence-corrected chi connectivity index (χ1v) is 14.8. The van der Waals surface area contributed by atoms with Gasteiger partial charge in [0.25, 0.3) is 5.91 Å². The maximum atomic E-state index is 13.0. The summed E-state index contributed by atoms with van der Waals surface area (Å²) in [6.45, 7) is 3.81. The summed E-state index contributed by atoms with van der Waals surface area (Å²) >= 11 is 1.48. The van der Waals surface area contributed by atoms with E-state index in [0.29, 0.717) is 5.57 Å². The van der Waals surface area contributed by atoms with Gasteiger partial charge in [-0.1, -0.05) is 18.2 Å². The van der Waals surface area contributed by atoms with Gasteiger partial charge in [0.1, 0.15) is 23.9 Å². The summed E-state index contributed by atoms with van der Waals surface area (Å²) in [7, 11) is 0. The monoisotopic (exact) mass is 593 g/mol. The number of carbonyl (C=O) groups excluding carboxylic acids is 1. The predicted molar refractivity (Wildman–Crippen MR) is 160 cm³/mol. The average Bonchev–Trinajstić information content (AvgIpc) is 3.52. The molecule has 1 amide bonds. The highest BCUT2D eigenvalue weighted by atomic mass is 32.1. The molecule has 2 aliphatic heterocycles. The molecule has 2 fully saturated rings. The van der Waals surface area contributed by atoms with Gasteiger partial charge in [0, 0.05) is 41.0 Å². The summed E-state index contributed by atoms with van der Waals surface area (Å²) in [6.07, 6.45) is -4.65. The van der Waals surface area contributed by atoms with Gasteiger partial charge in [-0.25, -0.2) is 0 Å². The highest BCUT2D eigenvalue weighted by Crippen LogP contribution is 2.35. The van der Waals surface area contributed by atoms with Crippen LogP contribution in [0.25, 0.3) is 26.8 Å². The average molecular weight is 594 g/mol. The van der Waals surface area contributed by atoms with Gasteiger partial charge < -0.3 is 40.1 Å². The lowest BCUT2D eigenvalue weighted by Gasteiger charge is -2.41. The number of hydrogen-bond acceptors (Lipinski definition) is 10. The molecule has 5 atom stereocenters. The molecule has 5 N–H and O–H groups in total. The van der Waals surface area contributed by atoms with Crippen LogP contribution in [0.1, 0.15) is 11.8 Å². The van der Waals surface area contributed by atoms with Crippen LogP contribution in [0.4, 0.5) is 5.69 Å². The van der Waals surface area contributed by atoms with E-state index in [1.165, 1.54) is 17.0 Å². The molecule has 0 saturated carbocycles. The molecule has 10 nitrogen and oxygen atoms in total. The maximum absolute atomic E-state index is 13.0. The number of hydrogen-bond donors (Lipinski definition) is 5. The van der Waals surface area contributed by atoms with Crippen molar-refractivity contribution in [3.8, 4) is 16.5 Å². The molecular weight excluding hydrogens is 558 g/mol. The number of morpholine rings is 1. The number of nitriles is 1. The Morgan fingerprint density at radius 3 is 2.45 bits per heavy atom. The summed E-state index contributed by atoms with van der Waals surface area (Å²) in [4.78, 5) is 17.1. The minimum atomic E-state index is -1.38. The summed E-state index contributed by atoms with van der Waals surface area (Å²) < 4.78 is 10.9. The van der Waals surface area contributed by atoms with Crippen molar-refractivity contribution in [3.05, 3.63) is 59.0 Å². The van der Waals surface area contributed by atoms with E-state index in [1.807, 2.05) is 18.2 Å². The topological polar surface area (TPSA) is 156 Å². The number of aliphatic hydroxyl groups excluding tert-OH is 4. The Kier molecular flexibility index (Phi) is 9.55. The van der Waals surface area contributed by atoms with Gasteiger partial charge in [-0.15, -0.1) is 11.3 Å². The van der Waals surface area contributed by atoms with E-state index in [0.717, 1.165) is 52.4 Å². The van der Waals surface area contributed by atoms with E-state index in [-0.39, 0.29) is 12.1 Å². The normalized spacial score (nSPS) is 25.1. The summed E-state index contributed by atoms with van der Waals surface area (Å²) in [5.41, 5.74) is 2.66. The SMILES string of the molecule is C/C(=C(/C#N)C(=O)NCC1C(CO)OC(CO)[C@@H](O)[C@@H]1O)c1ccc(-c2ccc3cc(N4CCOCC4)ccc3c2)s1. The first kappa shape index (κ1) is 30.1. The quantitative estimate of drug-likeness (QED) is 0.195. The lowest BCUT2D eigenvalue weighted by molar-refractivity contribution is -0.215. The van der Waals surface area contributed by atoms with Gasteiger partial charge >= 0.3 is 0 Å². The predicted octanol–water partition coefficient (Wildman–Crippen LogP) is 1.91. The minimum absolute atomic E-state index is 0.0712. The molecule has 0 bridgehead atoms. The zero-order chi connectivity index (χ0) is 29.8. The zero-order valence-corrected chi connectivity index (χ0v) is 24.1. The van der Waals surface area contributed by atoms with Crippen LogP contribution in [0.2, 0.25) is 0 Å². The van der Waals surface area contributed by atoms with Crippen molar-refractivity contribution in [2.45, 2.75) is 31.3 Å². The second-order valence-corrected chi connectivity index (χ2v) is 11.6. The Morgan fingerprint density at radius 2 is 1.74 bits per heavy atom. The number of rotatable bonds is 8. The number of thiophene rings is 1. The number of nitrogens with zero attached hydrogens (tertiary/aromatic N) is 2. The molecule has 5 rings (SSSR count). The number of ether oxygens (including phenoxy) is 2. The lowest BCUT2D eigenvalue weighted by atomic mass is 9.86. The number of fused-ring (bicyclic) bond motifs is 1. The summed E-state index contributed by atoms with van der Waals surface area (Å²) in [5.74, 6) is -1.46. The molecule has 42 heavy (non-hydrogen) atoms. The largest absolute Gasteiger partial charge is 0.394 e. The number of benzene rings is 2. The van der Waals surface area contributed by atoms with E-state index in [1.54, 1.807) is 6.92 Å². The van der Waals surface area contributed by atoms with Crippen LogP contribution in [0.3, 0.4) is 0 Å². The van der Waals surface area contributed by atoms with Gasteiger partial charge in [0.2, 0.25) is 0 Å². The second-order valence-electron chi connectivity index (χ2n) is 10.6. The van der Waals surface area contributed by atoms with Crippen molar-refractivity contribution in [3.63, 3.8) is 0 Å². The van der Waals surface area contributed by atoms with E-state index >= 15 is 0 Å². The van der Waals surface area contributed by atoms with E-state index in [9.17, 15) is 30.5 Å². The first-order chi connectivity index (χ1) is 20.3. The third kappa shape index (κ3) is 6.21. The molecule has 3 aromatic rings. The van der Waals surface area contributed by atoms with Gasteiger partial charge in [-0.2, -0.15) is 5.26 Å². The van der Waals surface area contributed by atoms with Crippen LogP contribution >= 0.6 is 11.3 Å². The maximum Gasteiger partial charge on any atom is 0.262 e. The molecule has 2 saturated heterocycles. The van der Waals surface area contributed by atoms with E-state index < -0.39 is 49.5 Å². The fourth-order valence-corrected chi connectivity index (χ4v) is 6.52. The number of amides is 1. The van der Waals surface area contributed by atoms with Gasteiger partial charge in [-0.3, -0.25) is 4.79 Å². The fraction of sp³-hybridized carbons (Fsp3) is 0.419. The number of anilines is 1. The third-order valence-corrected chi connectivity index (χ3v) is 9.28. The number of nitrogens with one attached hydrogen (secondary N) is 1. The van der Waals surface area contributed by atoms with Gasteiger partial charge in [0.15, 0.2) is 0 Å². The number of aliphatic hydroxyl groups is 4. The van der Waals surface area contributed by atoms with Crippen molar-refractivity contribution in [1.29, 1.82) is 5.26 Å². The van der Waals surface area contributed by atoms with Crippen LogP contribution in [-0.2, 0) is 14.3 Å². The van der Waals surface area contributed by atoms with Crippen molar-refractivity contribution in [2.24, 2.45) is 5.92 Å². The standard InChI is InChI=1S/C31H35N3O7S/c1-18(23(14-32)31(39)33-15-24-25(16-35)41-26(17-36)30(38)29(24)37)27-6-7-28(42-27)21-3-2-20-13-22(5-4-19(20)12-21)34-8-10-40-11-9-34/h2-7,12-13,24-26,29-30,35-38H,8-11,15-17H2,1H3,(H,33,39)/b23-18+/t24?,25?,26?,29-,30-/m1/s1. The molecule has 3 unspecified atom stereocenters. The number of allylic oxidation sites excluding steroid dienone is 1. The van der Waals surface area contributed by atoms with Crippen molar-refractivity contribution in [2.75, 3.05) is 51.0 Å². The molecule has 222 valence electrons. The molecule has 11 heteroatoms. The molecule has 0 aliphatic carbocycles. The first-order valence-electron chi connectivity index (χ1n) is 13.9. The zero-order valence-electron chi connectivity index (χ0n) is 23.3. The lowest BCUT2D eigenvalue weighted by Crippen LogP contribution is -2.59. The fourth-order valence-electron chi connectivity index (χ4n) is 5.51. The van der Waals surface area contributed by atoms with Crippen LogP contribution in [-0.4, -0.2) is 96.8 Å². The summed E-state index contributed by atoms with van der Waals surface area (Å²) in [5, 5.41) is 54.5. The Balaban J connectivity index is 1.30. The Labute approximate surface area is 248 Å². The molecule has 3 heterocycles. The Bertz CT molecular complexity index is 1490. The third-order valence-electron chi connectivity index (χ3n) is 8.03. The molecular formula is C31H35N3O7S. The highest BCUT2D eigenvalue weighted by molar-refractivity contribution is 7.16. The minimum Gasteiger partial charge on any atom is -0.394 e. The second kappa shape index (κ2) is 13.3. The van der Waals surface area contributed by atoms with Gasteiger partial charge in [-0.05, 0) is 59.2 Å². The molecule has 0 radical (unpaired) electrons. The van der Waals surface area contributed by atoms with Crippen LogP contribution in [0.15, 0.2) is 54.1 Å². The van der Waals surface area contributed by atoms with Crippen LogP contribution in [0, 0.1) is 17.2 Å². The number of carbonyl (C=O) groups is 1. The molecule has 2 aliphatic rings. The molecule has 2 aromatic carbocycles. The van der Waals surface area contributed by atoms with Gasteiger partial charge in [0.05, 0.1) is 38.6 Å². The Hall–Kier alpha value is -3.34. The van der Waals surface area contributed by atoms with Crippen LogP contribution in [0.5, 0.6) is 0 Å². The molecule has 0 spiro atoms. The van der Waals surface area contributed by atoms with Crippen molar-refractivity contribution >= 4 is 39.3 Å². The Morgan fingerprint density at radius 1 is 1.02 bits per heavy atom. The molecule has 1 aromatic heterocycles. The van der Waals surface area contributed by atoms with E-state index in [4.69, 9.17) is 9.47 Å². The highest BCUT2D eigenvalue weighted by Gasteiger charge is 2.44. The van der Waals surface area contributed by atoms with Crippen molar-refractivity contribution in [1.82, 2.24) is 5.32 Å². The smallest absolute Gasteiger partial charge is 0.262 e. The summed E-state index contributed by atoms with van der Waals surface area (Å²) in [6, 6.07) is 18.6.